The molecule has 0 spiro atoms. The number of thiocarbonyl (C=S) groups is 1. The first-order valence-electron chi connectivity index (χ1n) is 8.99. The van der Waals surface area contributed by atoms with E-state index in [2.05, 4.69) is 35.0 Å². The van der Waals surface area contributed by atoms with Gasteiger partial charge in [0.25, 0.3) is 0 Å². The standard InChI is InChI=1S/C21H27N3OS/c1-4-5-9-17-10-12-18(13-11-17)23-21(26)22-14-19(25)24-20-15(2)7-6-8-16(20)3/h6-8,10-13H,4-5,9,14H2,1-3H3,(H,24,25)(H2,22,23,26). The number of amides is 1. The molecule has 0 aromatic heterocycles. The molecule has 2 aromatic rings. The van der Waals surface area contributed by atoms with E-state index < -0.39 is 0 Å². The van der Waals surface area contributed by atoms with Crippen LogP contribution in [0.25, 0.3) is 0 Å². The molecule has 3 N–H and O–H groups in total. The number of hydrogen-bond donors (Lipinski definition) is 3. The van der Waals surface area contributed by atoms with Crippen molar-refractivity contribution in [3.8, 4) is 0 Å². The second-order valence-electron chi connectivity index (χ2n) is 6.42. The number of para-hydroxylation sites is 1. The summed E-state index contributed by atoms with van der Waals surface area (Å²) in [7, 11) is 0. The molecule has 0 saturated heterocycles. The summed E-state index contributed by atoms with van der Waals surface area (Å²) in [6.07, 6.45) is 3.48. The molecule has 0 aliphatic heterocycles. The SMILES string of the molecule is CCCCc1ccc(NC(=S)NCC(=O)Nc2c(C)cccc2C)cc1. The fraction of sp³-hybridized carbons (Fsp3) is 0.333. The predicted molar refractivity (Wildman–Crippen MR) is 114 cm³/mol. The smallest absolute Gasteiger partial charge is 0.243 e. The second-order valence-corrected chi connectivity index (χ2v) is 6.83. The second kappa shape index (κ2) is 9.92. The van der Waals surface area contributed by atoms with Crippen LogP contribution in [0.5, 0.6) is 0 Å². The molecule has 4 nitrogen and oxygen atoms in total. The maximum absolute atomic E-state index is 12.2. The van der Waals surface area contributed by atoms with Crippen LogP contribution in [0.2, 0.25) is 0 Å². The van der Waals surface area contributed by atoms with Crippen LogP contribution in [0.4, 0.5) is 11.4 Å². The highest BCUT2D eigenvalue weighted by atomic mass is 32.1. The van der Waals surface area contributed by atoms with Crippen LogP contribution in [0, 0.1) is 13.8 Å². The van der Waals surface area contributed by atoms with Gasteiger partial charge < -0.3 is 16.0 Å². The Morgan fingerprint density at radius 3 is 2.27 bits per heavy atom. The minimum Gasteiger partial charge on any atom is -0.353 e. The fourth-order valence-corrected chi connectivity index (χ4v) is 2.86. The van der Waals surface area contributed by atoms with Gasteiger partial charge in [0.15, 0.2) is 5.11 Å². The van der Waals surface area contributed by atoms with E-state index in [-0.39, 0.29) is 12.5 Å². The largest absolute Gasteiger partial charge is 0.353 e. The minimum absolute atomic E-state index is 0.119. The van der Waals surface area contributed by atoms with Crippen LogP contribution in [-0.4, -0.2) is 17.6 Å². The highest BCUT2D eigenvalue weighted by Crippen LogP contribution is 2.19. The van der Waals surface area contributed by atoms with E-state index >= 15 is 0 Å². The Kier molecular flexibility index (Phi) is 7.60. The van der Waals surface area contributed by atoms with Gasteiger partial charge >= 0.3 is 0 Å². The third-order valence-electron chi connectivity index (χ3n) is 4.19. The molecule has 0 bridgehead atoms. The zero-order chi connectivity index (χ0) is 18.9. The van der Waals surface area contributed by atoms with Crippen molar-refractivity contribution in [2.24, 2.45) is 0 Å². The highest BCUT2D eigenvalue weighted by molar-refractivity contribution is 7.80. The van der Waals surface area contributed by atoms with E-state index in [9.17, 15) is 4.79 Å². The lowest BCUT2D eigenvalue weighted by molar-refractivity contribution is -0.115. The summed E-state index contributed by atoms with van der Waals surface area (Å²) < 4.78 is 0. The van der Waals surface area contributed by atoms with Gasteiger partial charge in [-0.2, -0.15) is 0 Å². The van der Waals surface area contributed by atoms with Gasteiger partial charge in [-0.3, -0.25) is 4.79 Å². The van der Waals surface area contributed by atoms with Crippen molar-refractivity contribution >= 4 is 34.6 Å². The van der Waals surface area contributed by atoms with E-state index in [4.69, 9.17) is 12.2 Å². The highest BCUT2D eigenvalue weighted by Gasteiger charge is 2.08. The predicted octanol–water partition coefficient (Wildman–Crippen LogP) is 4.57. The molecule has 0 radical (unpaired) electrons. The van der Waals surface area contributed by atoms with E-state index in [1.54, 1.807) is 0 Å². The number of carbonyl (C=O) groups excluding carboxylic acids is 1. The number of anilines is 2. The molecule has 0 unspecified atom stereocenters. The van der Waals surface area contributed by atoms with Crippen LogP contribution in [0.3, 0.4) is 0 Å². The summed E-state index contributed by atoms with van der Waals surface area (Å²) in [6, 6.07) is 14.2. The average Bonchev–Trinajstić information content (AvgIpc) is 2.62. The lowest BCUT2D eigenvalue weighted by atomic mass is 10.1. The van der Waals surface area contributed by atoms with Gasteiger partial charge in [0, 0.05) is 11.4 Å². The van der Waals surface area contributed by atoms with Crippen molar-refractivity contribution in [3.05, 3.63) is 59.2 Å². The first kappa shape index (κ1) is 19.9. The van der Waals surface area contributed by atoms with Crippen LogP contribution in [0.15, 0.2) is 42.5 Å². The van der Waals surface area contributed by atoms with Crippen LogP contribution in [-0.2, 0) is 11.2 Å². The Labute approximate surface area is 161 Å². The molecule has 5 heteroatoms. The molecule has 138 valence electrons. The molecule has 0 saturated carbocycles. The van der Waals surface area contributed by atoms with E-state index in [0.717, 1.165) is 28.9 Å². The van der Waals surface area contributed by atoms with Gasteiger partial charge in [0.2, 0.25) is 5.91 Å². The van der Waals surface area contributed by atoms with Gasteiger partial charge in [-0.05, 0) is 67.7 Å². The van der Waals surface area contributed by atoms with Crippen LogP contribution < -0.4 is 16.0 Å². The molecule has 0 aliphatic carbocycles. The summed E-state index contributed by atoms with van der Waals surface area (Å²) in [5.41, 5.74) is 5.19. The first-order chi connectivity index (χ1) is 12.5. The average molecular weight is 370 g/mol. The molecule has 0 heterocycles. The maximum atomic E-state index is 12.2. The fourth-order valence-electron chi connectivity index (χ4n) is 2.67. The quantitative estimate of drug-likeness (QED) is 0.626. The molecule has 1 amide bonds. The van der Waals surface area contributed by atoms with Crippen molar-refractivity contribution in [1.82, 2.24) is 5.32 Å². The minimum atomic E-state index is -0.124. The summed E-state index contributed by atoms with van der Waals surface area (Å²) in [6.45, 7) is 6.27. The van der Waals surface area contributed by atoms with Crippen LogP contribution in [0.1, 0.15) is 36.5 Å². The molecule has 26 heavy (non-hydrogen) atoms. The first-order valence-corrected chi connectivity index (χ1v) is 9.40. The topological polar surface area (TPSA) is 53.2 Å². The van der Waals surface area contributed by atoms with Crippen molar-refractivity contribution in [1.29, 1.82) is 0 Å². The summed E-state index contributed by atoms with van der Waals surface area (Å²) >= 11 is 5.27. The maximum Gasteiger partial charge on any atom is 0.243 e. The Hall–Kier alpha value is -2.40. The molecule has 0 fully saturated rings. The molecular weight excluding hydrogens is 342 g/mol. The van der Waals surface area contributed by atoms with Crippen molar-refractivity contribution in [2.45, 2.75) is 40.0 Å². The van der Waals surface area contributed by atoms with Crippen LogP contribution >= 0.6 is 12.2 Å². The third-order valence-corrected chi connectivity index (χ3v) is 4.43. The van der Waals surface area contributed by atoms with Gasteiger partial charge in [0.05, 0.1) is 6.54 Å². The number of aryl methyl sites for hydroxylation is 3. The normalized spacial score (nSPS) is 10.3. The zero-order valence-electron chi connectivity index (χ0n) is 15.7. The lowest BCUT2D eigenvalue weighted by Gasteiger charge is -2.13. The third kappa shape index (κ3) is 6.15. The molecule has 2 rings (SSSR count). The molecular formula is C21H27N3OS. The number of hydrogen-bond acceptors (Lipinski definition) is 2. The number of unbranched alkanes of at least 4 members (excludes halogenated alkanes) is 1. The van der Waals surface area contributed by atoms with Gasteiger partial charge in [-0.1, -0.05) is 43.7 Å². The number of nitrogens with one attached hydrogen (secondary N) is 3. The van der Waals surface area contributed by atoms with Gasteiger partial charge in [-0.15, -0.1) is 0 Å². The summed E-state index contributed by atoms with van der Waals surface area (Å²) in [4.78, 5) is 12.2. The summed E-state index contributed by atoms with van der Waals surface area (Å²) in [5, 5.41) is 9.42. The monoisotopic (exact) mass is 369 g/mol. The number of carbonyl (C=O) groups is 1. The summed E-state index contributed by atoms with van der Waals surface area (Å²) in [5.74, 6) is -0.124. The molecule has 0 atom stereocenters. The van der Waals surface area contributed by atoms with E-state index in [0.29, 0.717) is 5.11 Å². The Morgan fingerprint density at radius 1 is 1.00 bits per heavy atom. The van der Waals surface area contributed by atoms with Gasteiger partial charge in [-0.25, -0.2) is 0 Å². The lowest BCUT2D eigenvalue weighted by Crippen LogP contribution is -2.35. The number of rotatable bonds is 7. The molecule has 2 aromatic carbocycles. The molecule has 0 aliphatic rings. The Morgan fingerprint density at radius 2 is 1.65 bits per heavy atom. The zero-order valence-corrected chi connectivity index (χ0v) is 16.5. The van der Waals surface area contributed by atoms with Gasteiger partial charge in [0.1, 0.15) is 0 Å². The van der Waals surface area contributed by atoms with Crippen molar-refractivity contribution in [2.75, 3.05) is 17.2 Å². The van der Waals surface area contributed by atoms with E-state index in [1.165, 1.54) is 18.4 Å². The Balaban J connectivity index is 1.80. The van der Waals surface area contributed by atoms with Crippen molar-refractivity contribution in [3.63, 3.8) is 0 Å². The number of benzene rings is 2. The Bertz CT molecular complexity index is 736. The van der Waals surface area contributed by atoms with E-state index in [1.807, 2.05) is 44.2 Å². The van der Waals surface area contributed by atoms with Crippen molar-refractivity contribution < 1.29 is 4.79 Å².